The van der Waals surface area contributed by atoms with Crippen molar-refractivity contribution >= 4 is 11.8 Å². The van der Waals surface area contributed by atoms with Gasteiger partial charge in [0.15, 0.2) is 11.5 Å². The van der Waals surface area contributed by atoms with Crippen molar-refractivity contribution in [3.8, 4) is 11.5 Å². The lowest BCUT2D eigenvalue weighted by Gasteiger charge is -2.38. The molecule has 0 bridgehead atoms. The zero-order valence-corrected chi connectivity index (χ0v) is 16.6. The lowest BCUT2D eigenvalue weighted by Crippen LogP contribution is -2.56. The molecule has 0 N–H and O–H groups in total. The van der Waals surface area contributed by atoms with Gasteiger partial charge in [0.2, 0.25) is 12.0 Å². The smallest absolute Gasteiger partial charge is 0.267 e. The van der Waals surface area contributed by atoms with Crippen molar-refractivity contribution in [1.82, 2.24) is 9.80 Å². The fourth-order valence-corrected chi connectivity index (χ4v) is 4.53. The molecule has 0 spiro atoms. The number of piperazine rings is 1. The summed E-state index contributed by atoms with van der Waals surface area (Å²) in [6.45, 7) is 4.19. The Morgan fingerprint density at radius 1 is 0.964 bits per heavy atom. The van der Waals surface area contributed by atoms with Gasteiger partial charge in [0.1, 0.15) is 6.10 Å². The van der Waals surface area contributed by atoms with Gasteiger partial charge in [-0.05, 0) is 31.4 Å². The van der Waals surface area contributed by atoms with Gasteiger partial charge in [0.05, 0.1) is 0 Å². The van der Waals surface area contributed by atoms with E-state index in [0.717, 1.165) is 12.3 Å². The molecule has 4 rings (SSSR count). The van der Waals surface area contributed by atoms with Gasteiger partial charge >= 0.3 is 0 Å². The average Bonchev–Trinajstić information content (AvgIpc) is 3.25. The van der Waals surface area contributed by atoms with Crippen LogP contribution in [0.1, 0.15) is 45.4 Å². The van der Waals surface area contributed by atoms with Crippen LogP contribution in [0.15, 0.2) is 24.3 Å². The first-order valence-electron chi connectivity index (χ1n) is 10.6. The molecule has 2 amide bonds. The first kappa shape index (κ1) is 19.1. The van der Waals surface area contributed by atoms with Crippen LogP contribution in [0.25, 0.3) is 0 Å². The van der Waals surface area contributed by atoms with E-state index in [-0.39, 0.29) is 17.9 Å². The van der Waals surface area contributed by atoms with Gasteiger partial charge in [-0.15, -0.1) is 0 Å². The van der Waals surface area contributed by atoms with Gasteiger partial charge in [-0.2, -0.15) is 0 Å². The molecule has 1 aliphatic carbocycles. The minimum Gasteiger partial charge on any atom is -0.482 e. The third-order valence-corrected chi connectivity index (χ3v) is 6.27. The van der Waals surface area contributed by atoms with E-state index in [1.807, 2.05) is 36.1 Å². The third-order valence-electron chi connectivity index (χ3n) is 6.27. The zero-order valence-electron chi connectivity index (χ0n) is 16.6. The Labute approximate surface area is 166 Å². The van der Waals surface area contributed by atoms with E-state index in [1.54, 1.807) is 4.90 Å². The third kappa shape index (κ3) is 4.10. The van der Waals surface area contributed by atoms with Crippen molar-refractivity contribution in [1.29, 1.82) is 0 Å². The predicted octanol–water partition coefficient (Wildman–Crippen LogP) is 2.86. The van der Waals surface area contributed by atoms with Crippen LogP contribution in [0, 0.1) is 5.92 Å². The normalized spacial score (nSPS) is 25.0. The Kier molecular flexibility index (Phi) is 5.74. The second-order valence-electron chi connectivity index (χ2n) is 8.20. The minimum absolute atomic E-state index is 0.0555. The van der Waals surface area contributed by atoms with Crippen molar-refractivity contribution in [2.24, 2.45) is 5.92 Å². The molecule has 1 aromatic carbocycles. The molecule has 2 aliphatic heterocycles. The largest absolute Gasteiger partial charge is 0.482 e. The van der Waals surface area contributed by atoms with Crippen molar-refractivity contribution < 1.29 is 19.1 Å². The monoisotopic (exact) mass is 386 g/mol. The molecular weight excluding hydrogens is 356 g/mol. The van der Waals surface area contributed by atoms with E-state index in [0.29, 0.717) is 44.1 Å². The van der Waals surface area contributed by atoms with Gasteiger partial charge in [-0.3, -0.25) is 9.59 Å². The molecule has 2 unspecified atom stereocenters. The molecule has 2 fully saturated rings. The summed E-state index contributed by atoms with van der Waals surface area (Å²) in [5.41, 5.74) is 0. The quantitative estimate of drug-likeness (QED) is 0.798. The number of ether oxygens (including phenoxy) is 2. The summed E-state index contributed by atoms with van der Waals surface area (Å²) >= 11 is 0. The molecule has 1 aromatic rings. The van der Waals surface area contributed by atoms with Crippen LogP contribution in [-0.4, -0.2) is 60.0 Å². The van der Waals surface area contributed by atoms with Crippen LogP contribution in [-0.2, 0) is 9.59 Å². The Bertz CT molecular complexity index is 708. The van der Waals surface area contributed by atoms with Crippen LogP contribution in [0.4, 0.5) is 0 Å². The zero-order chi connectivity index (χ0) is 19.5. The van der Waals surface area contributed by atoms with Crippen LogP contribution in [0.3, 0.4) is 0 Å². The molecule has 3 aliphatic rings. The Balaban J connectivity index is 1.27. The Hall–Kier alpha value is -2.24. The molecule has 152 valence electrons. The first-order valence-corrected chi connectivity index (χ1v) is 10.6. The number of carbonyl (C=O) groups excluding carboxylic acids is 2. The highest BCUT2D eigenvalue weighted by molar-refractivity contribution is 5.83. The van der Waals surface area contributed by atoms with Crippen molar-refractivity contribution in [2.75, 3.05) is 26.2 Å². The highest BCUT2D eigenvalue weighted by atomic mass is 16.6. The number of fused-ring (bicyclic) bond motifs is 1. The first-order chi connectivity index (χ1) is 13.6. The molecule has 0 aromatic heterocycles. The van der Waals surface area contributed by atoms with Crippen LogP contribution in [0.5, 0.6) is 11.5 Å². The number of amides is 2. The summed E-state index contributed by atoms with van der Waals surface area (Å²) in [5.74, 6) is 2.20. The molecule has 1 saturated carbocycles. The van der Waals surface area contributed by atoms with Crippen LogP contribution >= 0.6 is 0 Å². The predicted molar refractivity (Wildman–Crippen MR) is 105 cm³/mol. The van der Waals surface area contributed by atoms with Crippen LogP contribution in [0.2, 0.25) is 0 Å². The molecule has 2 heterocycles. The summed E-state index contributed by atoms with van der Waals surface area (Å²) in [6.07, 6.45) is 5.87. The summed E-state index contributed by atoms with van der Waals surface area (Å²) in [7, 11) is 0. The van der Waals surface area contributed by atoms with Gasteiger partial charge < -0.3 is 19.3 Å². The maximum absolute atomic E-state index is 13.0. The second kappa shape index (κ2) is 8.41. The number of nitrogens with zero attached hydrogens (tertiary/aromatic N) is 2. The molecule has 6 nitrogen and oxygen atoms in total. The molecular formula is C22H30N2O4. The topological polar surface area (TPSA) is 59.1 Å². The lowest BCUT2D eigenvalue weighted by atomic mass is 10.0. The lowest BCUT2D eigenvalue weighted by molar-refractivity contribution is -0.148. The fraction of sp³-hybridized carbons (Fsp3) is 0.636. The van der Waals surface area contributed by atoms with E-state index < -0.39 is 6.10 Å². The number of rotatable bonds is 4. The summed E-state index contributed by atoms with van der Waals surface area (Å²) in [6, 6.07) is 7.43. The number of hydrogen-bond acceptors (Lipinski definition) is 4. The molecule has 6 heteroatoms. The maximum atomic E-state index is 13.0. The Morgan fingerprint density at radius 2 is 1.57 bits per heavy atom. The molecule has 1 saturated heterocycles. The number of benzene rings is 1. The SMILES string of the molecule is CC1Oc2ccccc2OC1C(=O)N1CCN(C(=O)CCC2CCCC2)CC1. The Morgan fingerprint density at radius 3 is 2.25 bits per heavy atom. The summed E-state index contributed by atoms with van der Waals surface area (Å²) in [4.78, 5) is 29.2. The second-order valence-corrected chi connectivity index (χ2v) is 8.20. The van der Waals surface area contributed by atoms with Gasteiger partial charge in [-0.1, -0.05) is 37.8 Å². The van der Waals surface area contributed by atoms with E-state index in [2.05, 4.69) is 0 Å². The molecule has 28 heavy (non-hydrogen) atoms. The van der Waals surface area contributed by atoms with Gasteiger partial charge in [0, 0.05) is 32.6 Å². The van der Waals surface area contributed by atoms with Crippen molar-refractivity contribution in [3.63, 3.8) is 0 Å². The van der Waals surface area contributed by atoms with Gasteiger partial charge in [-0.25, -0.2) is 0 Å². The maximum Gasteiger partial charge on any atom is 0.267 e. The average molecular weight is 386 g/mol. The van der Waals surface area contributed by atoms with E-state index in [1.165, 1.54) is 25.7 Å². The molecule has 2 atom stereocenters. The summed E-state index contributed by atoms with van der Waals surface area (Å²) in [5, 5.41) is 0. The van der Waals surface area contributed by atoms with Gasteiger partial charge in [0.25, 0.3) is 5.91 Å². The van der Waals surface area contributed by atoms with Crippen molar-refractivity contribution in [2.45, 2.75) is 57.7 Å². The summed E-state index contributed by atoms with van der Waals surface area (Å²) < 4.78 is 11.8. The molecule has 0 radical (unpaired) electrons. The van der Waals surface area contributed by atoms with E-state index in [9.17, 15) is 9.59 Å². The van der Waals surface area contributed by atoms with Crippen LogP contribution < -0.4 is 9.47 Å². The number of para-hydroxylation sites is 2. The fourth-order valence-electron chi connectivity index (χ4n) is 4.53. The standard InChI is InChI=1S/C22H30N2O4/c1-16-21(28-19-9-5-4-8-18(19)27-16)22(26)24-14-12-23(13-15-24)20(25)11-10-17-6-2-3-7-17/h4-5,8-9,16-17,21H,2-3,6-7,10-15H2,1H3. The highest BCUT2D eigenvalue weighted by Crippen LogP contribution is 2.34. The van der Waals surface area contributed by atoms with Crippen molar-refractivity contribution in [3.05, 3.63) is 24.3 Å². The number of carbonyl (C=O) groups is 2. The highest BCUT2D eigenvalue weighted by Gasteiger charge is 2.38. The minimum atomic E-state index is -0.639. The number of hydrogen-bond donors (Lipinski definition) is 0. The van der Waals surface area contributed by atoms with E-state index in [4.69, 9.17) is 9.47 Å². The van der Waals surface area contributed by atoms with E-state index >= 15 is 0 Å².